The second kappa shape index (κ2) is 16.7. The molecule has 0 saturated heterocycles. The van der Waals surface area contributed by atoms with Crippen molar-refractivity contribution in [2.24, 2.45) is 0 Å². The summed E-state index contributed by atoms with van der Waals surface area (Å²) < 4.78 is 307. The number of imidazole rings is 1. The molecule has 11 aromatic rings. The Balaban J connectivity index is 0.0000102. The SMILES string of the molecule is [2H]c1nc(-n2c3[c-]c(Oc4[c-]c(-n5[c-][n+](-c6c(-c7c([2H])c([2H])c([2H])c([2H])c7[2H])c([2H])c([2H])c([2H])c6-c6c([2H])c([2H])c([2H])c([2H])c6[2H])c6c([2H])c([2H])c([2H])c([2H])c65)c([2H])c([2H])c4[2H])c(-c4c([2H])c([2H])c([2H])c([2H])c4[2H])c([2H])c3c3c([2H])c([2H])c([2H])c([2H])c32)c([2H])c(C(C)(C)C)c1[2H].[Pt]. The van der Waals surface area contributed by atoms with Crippen LogP contribution in [0.5, 0.6) is 11.5 Å². The summed E-state index contributed by atoms with van der Waals surface area (Å²) in [5.74, 6) is -2.56. The second-order valence-corrected chi connectivity index (χ2v) is 14.4. The molecule has 0 unspecified atom stereocenters. The van der Waals surface area contributed by atoms with Gasteiger partial charge in [0.25, 0.3) is 6.33 Å². The molecule has 64 heavy (non-hydrogen) atoms. The maximum atomic E-state index is 10.1. The zero-order valence-electron chi connectivity index (χ0n) is 66.0. The van der Waals surface area contributed by atoms with Crippen LogP contribution < -0.4 is 9.30 Å². The van der Waals surface area contributed by atoms with Gasteiger partial charge in [-0.2, -0.15) is 18.1 Å². The number of aromatic nitrogens is 4. The molecule has 11 rings (SSSR count). The van der Waals surface area contributed by atoms with E-state index in [2.05, 4.69) is 23.4 Å². The molecule has 0 aliphatic heterocycles. The van der Waals surface area contributed by atoms with Crippen molar-refractivity contribution >= 4 is 32.8 Å². The minimum absolute atomic E-state index is 0. The third kappa shape index (κ3) is 7.32. The van der Waals surface area contributed by atoms with Gasteiger partial charge in [0.05, 0.1) is 56.5 Å². The van der Waals surface area contributed by atoms with E-state index in [1.807, 2.05) is 0 Å². The first kappa shape index (κ1) is 18.0. The summed E-state index contributed by atoms with van der Waals surface area (Å²) in [7, 11) is 0. The maximum absolute atomic E-state index is 10.1. The molecule has 0 N–H and O–H groups in total. The van der Waals surface area contributed by atoms with E-state index in [0.717, 1.165) is 4.57 Å². The van der Waals surface area contributed by atoms with Crippen LogP contribution in [0.15, 0.2) is 200 Å². The van der Waals surface area contributed by atoms with Crippen molar-refractivity contribution in [3.63, 3.8) is 0 Å². The monoisotopic (exact) mass is 1040 g/mol. The van der Waals surface area contributed by atoms with Gasteiger partial charge in [-0.1, -0.05) is 188 Å². The zero-order valence-corrected chi connectivity index (χ0v) is 35.3. The van der Waals surface area contributed by atoms with Crippen molar-refractivity contribution in [1.29, 1.82) is 0 Å². The largest absolute Gasteiger partial charge is 0.509 e. The number of nitrogens with zero attached hydrogens (tertiary/aromatic N) is 4. The minimum Gasteiger partial charge on any atom is -0.509 e. The molecule has 0 saturated carbocycles. The van der Waals surface area contributed by atoms with E-state index >= 15 is 0 Å². The first-order valence-electron chi connectivity index (χ1n) is 35.1. The normalized spacial score (nSPS) is 18.8. The summed E-state index contributed by atoms with van der Waals surface area (Å²) in [4.78, 5) is 4.24. The molecule has 0 fully saturated rings. The fraction of sp³-hybridized carbons (Fsp3) is 0.0690. The molecule has 8 aromatic carbocycles. The fourth-order valence-electron chi connectivity index (χ4n) is 6.68. The van der Waals surface area contributed by atoms with Gasteiger partial charge in [-0.25, -0.2) is 4.98 Å². The predicted octanol–water partition coefficient (Wildman–Crippen LogP) is 13.9. The third-order valence-electron chi connectivity index (χ3n) is 9.49. The van der Waals surface area contributed by atoms with Gasteiger partial charge in [-0.3, -0.25) is 4.57 Å². The Morgan fingerprint density at radius 3 is 1.84 bits per heavy atom. The maximum Gasteiger partial charge on any atom is 0.268 e. The smallest absolute Gasteiger partial charge is 0.268 e. The summed E-state index contributed by atoms with van der Waals surface area (Å²) in [5.41, 5.74) is -11.1. The van der Waals surface area contributed by atoms with E-state index in [4.69, 9.17) is 32.2 Å². The van der Waals surface area contributed by atoms with Crippen LogP contribution in [0.25, 0.3) is 83.4 Å². The number of hydrogen-bond acceptors (Lipinski definition) is 2. The number of pyridine rings is 1. The third-order valence-corrected chi connectivity index (χ3v) is 9.49. The van der Waals surface area contributed by atoms with E-state index in [-0.39, 0.29) is 26.6 Å². The molecule has 3 heterocycles. The summed E-state index contributed by atoms with van der Waals surface area (Å²) in [5, 5.41) is -1.02. The number of fused-ring (bicyclic) bond motifs is 4. The molecular formula is C58H42N4OPt-2. The van der Waals surface area contributed by atoms with Gasteiger partial charge >= 0.3 is 0 Å². The number of rotatable bonds is 8. The molecule has 5 nitrogen and oxygen atoms in total. The summed E-state index contributed by atoms with van der Waals surface area (Å²) in [6.07, 6.45) is 1.92. The zero-order chi connectivity index (χ0) is 71.2. The topological polar surface area (TPSA) is 35.9 Å². The first-order valence-corrected chi connectivity index (χ1v) is 18.6. The molecule has 0 bridgehead atoms. The number of hydrogen-bond donors (Lipinski definition) is 0. The molecule has 0 aliphatic carbocycles. The van der Waals surface area contributed by atoms with Crippen molar-refractivity contribution in [2.45, 2.75) is 26.2 Å². The van der Waals surface area contributed by atoms with Crippen molar-refractivity contribution in [2.75, 3.05) is 0 Å². The molecule has 0 atom stereocenters. The summed E-state index contributed by atoms with van der Waals surface area (Å²) in [6, 6.07) is -26.1. The van der Waals surface area contributed by atoms with Crippen LogP contribution in [-0.2, 0) is 26.5 Å². The number of ether oxygens (including phenoxy) is 1. The molecular weight excluding hydrogens is 964 g/mol. The van der Waals surface area contributed by atoms with Crippen molar-refractivity contribution in [3.05, 3.63) is 224 Å². The van der Waals surface area contributed by atoms with Gasteiger partial charge in [-0.05, 0) is 65.2 Å². The van der Waals surface area contributed by atoms with Crippen LogP contribution in [-0.4, -0.2) is 14.1 Å². The quantitative estimate of drug-likeness (QED) is 0.112. The van der Waals surface area contributed by atoms with Crippen molar-refractivity contribution < 1.29 is 75.6 Å². The molecule has 0 spiro atoms. The van der Waals surface area contributed by atoms with E-state index in [9.17, 15) is 17.8 Å². The average molecular weight is 1040 g/mol. The van der Waals surface area contributed by atoms with E-state index in [1.165, 1.54) is 0 Å². The Morgan fingerprint density at radius 1 is 0.578 bits per heavy atom. The Morgan fingerprint density at radius 2 is 1.17 bits per heavy atom. The fourth-order valence-corrected chi connectivity index (χ4v) is 6.68. The second-order valence-electron chi connectivity index (χ2n) is 14.4. The molecule has 312 valence electrons. The van der Waals surface area contributed by atoms with Crippen LogP contribution in [0.4, 0.5) is 0 Å². The van der Waals surface area contributed by atoms with E-state index < -0.39 is 300 Å². The van der Waals surface area contributed by atoms with Gasteiger partial charge < -0.3 is 13.9 Å². The van der Waals surface area contributed by atoms with Gasteiger partial charge in [-0.15, -0.1) is 23.6 Å². The standard InChI is InChI=1S/C58H42N4O.Pt/c1-58(2,3)43-33-34-59-56(35-43)62-51-30-14-13-27-48(51)50-37-49(42-23-11-6-12-24-42)55(38-54(50)62)63-45-26-17-25-44(36-45)60-39-61(53-32-16-15-31-52(53)60)57-46(40-19-7-4-8-20-40)28-18-29-47(57)41-21-9-5-10-22-41;/h4-35,37H,1-3H3;/q-2;/i4D,5D,6D,7D,8D,9D,10D,11D,12D,13D,14D,15D,16D,17D,18D,19D,20D,21D,22D,23D,24D,25D,26D,27D,28D,29D,30D,31D,32D,33D,34D,35D,37D;. The van der Waals surface area contributed by atoms with Crippen LogP contribution in [0.3, 0.4) is 0 Å². The first-order chi connectivity index (χ1) is 44.6. The molecule has 0 radical (unpaired) electrons. The Bertz CT molecular complexity index is 5240. The molecule has 0 amide bonds. The summed E-state index contributed by atoms with van der Waals surface area (Å²) >= 11 is 0. The van der Waals surface area contributed by atoms with Crippen LogP contribution >= 0.6 is 0 Å². The van der Waals surface area contributed by atoms with Gasteiger partial charge in [0.2, 0.25) is 0 Å². The molecule has 3 aromatic heterocycles. The van der Waals surface area contributed by atoms with E-state index in [0.29, 0.717) is 9.13 Å². The average Bonchev–Trinajstić information content (AvgIpc) is 1.62. The van der Waals surface area contributed by atoms with Crippen LogP contribution in [0, 0.1) is 18.5 Å². The van der Waals surface area contributed by atoms with E-state index in [1.54, 1.807) is 20.8 Å². The van der Waals surface area contributed by atoms with Crippen molar-refractivity contribution in [3.8, 4) is 62.1 Å². The Hall–Kier alpha value is -7.33. The van der Waals surface area contributed by atoms with Crippen molar-refractivity contribution in [1.82, 2.24) is 14.1 Å². The van der Waals surface area contributed by atoms with Gasteiger partial charge in [0, 0.05) is 47.0 Å². The van der Waals surface area contributed by atoms with Gasteiger partial charge in [0.1, 0.15) is 5.82 Å². The molecule has 0 aliphatic rings. The minimum atomic E-state index is -1.13. The van der Waals surface area contributed by atoms with Gasteiger partial charge in [0.15, 0.2) is 0 Å². The van der Waals surface area contributed by atoms with Crippen LogP contribution in [0.1, 0.15) is 71.6 Å². The Kier molecular flexibility index (Phi) is 4.72. The van der Waals surface area contributed by atoms with Crippen LogP contribution in [0.2, 0.25) is 0 Å². The predicted molar refractivity (Wildman–Crippen MR) is 255 cm³/mol. The number of para-hydroxylation sites is 4. The Labute approximate surface area is 434 Å². The number of benzene rings is 8. The summed E-state index contributed by atoms with van der Waals surface area (Å²) in [6.45, 7) is 4.84. The molecule has 6 heteroatoms.